The van der Waals surface area contributed by atoms with E-state index in [0.717, 1.165) is 6.42 Å². The van der Waals surface area contributed by atoms with Crippen molar-refractivity contribution in [3.05, 3.63) is 29.8 Å². The summed E-state index contributed by atoms with van der Waals surface area (Å²) in [4.78, 5) is 23.6. The molecular weight excluding hydrogens is 304 g/mol. The molecule has 0 heterocycles. The van der Waals surface area contributed by atoms with Crippen molar-refractivity contribution < 1.29 is 9.59 Å². The fourth-order valence-corrected chi connectivity index (χ4v) is 1.68. The maximum Gasteiger partial charge on any atom is 0.319 e. The molecule has 1 rings (SSSR count). The molecule has 0 aliphatic rings. The quantitative estimate of drug-likeness (QED) is 0.644. The van der Waals surface area contributed by atoms with E-state index in [9.17, 15) is 9.59 Å². The summed E-state index contributed by atoms with van der Waals surface area (Å²) in [6, 6.07) is 6.62. The van der Waals surface area contributed by atoms with Gasteiger partial charge in [0.2, 0.25) is 0 Å². The van der Waals surface area contributed by atoms with Gasteiger partial charge in [0.15, 0.2) is 0 Å². The molecule has 5 N–H and O–H groups in total. The fraction of sp³-hybridized carbons (Fsp3) is 0.467. The number of carbonyl (C=O) groups is 2. The Bertz CT molecular complexity index is 492. The second-order valence-corrected chi connectivity index (χ2v) is 5.36. The van der Waals surface area contributed by atoms with Crippen LogP contribution in [0, 0.1) is 0 Å². The van der Waals surface area contributed by atoms with Crippen molar-refractivity contribution in [1.29, 1.82) is 0 Å². The van der Waals surface area contributed by atoms with E-state index >= 15 is 0 Å². The molecule has 1 aromatic carbocycles. The smallest absolute Gasteiger partial charge is 0.319 e. The van der Waals surface area contributed by atoms with Gasteiger partial charge >= 0.3 is 6.03 Å². The number of halogens is 1. The Morgan fingerprint density at radius 1 is 1.23 bits per heavy atom. The van der Waals surface area contributed by atoms with Crippen LogP contribution in [0.15, 0.2) is 24.3 Å². The van der Waals surface area contributed by atoms with Crippen molar-refractivity contribution in [3.63, 3.8) is 0 Å². The van der Waals surface area contributed by atoms with Crippen LogP contribution in [0.2, 0.25) is 0 Å². The Labute approximate surface area is 137 Å². The Morgan fingerprint density at radius 3 is 2.50 bits per heavy atom. The molecule has 0 fully saturated rings. The summed E-state index contributed by atoms with van der Waals surface area (Å²) >= 11 is 0. The normalized spacial score (nSPS) is 11.3. The minimum atomic E-state index is -0.292. The number of urea groups is 1. The molecule has 124 valence electrons. The third-order valence-corrected chi connectivity index (χ3v) is 2.69. The summed E-state index contributed by atoms with van der Waals surface area (Å²) in [5.41, 5.74) is 6.71. The zero-order chi connectivity index (χ0) is 15.8. The molecule has 3 amide bonds. The van der Waals surface area contributed by atoms with E-state index in [1.54, 1.807) is 24.3 Å². The summed E-state index contributed by atoms with van der Waals surface area (Å²) in [6.07, 6.45) is 0.723. The van der Waals surface area contributed by atoms with E-state index in [0.29, 0.717) is 17.8 Å². The molecular formula is C15H25ClN4O2. The first-order chi connectivity index (χ1) is 9.88. The van der Waals surface area contributed by atoms with Crippen LogP contribution in [0.3, 0.4) is 0 Å². The molecule has 6 nitrogen and oxygen atoms in total. The van der Waals surface area contributed by atoms with Gasteiger partial charge in [0.25, 0.3) is 5.91 Å². The van der Waals surface area contributed by atoms with E-state index in [-0.39, 0.29) is 36.4 Å². The first-order valence-corrected chi connectivity index (χ1v) is 7.10. The van der Waals surface area contributed by atoms with Crippen molar-refractivity contribution in [1.82, 2.24) is 10.6 Å². The lowest BCUT2D eigenvalue weighted by molar-refractivity contribution is 0.0952. The van der Waals surface area contributed by atoms with Crippen molar-refractivity contribution >= 4 is 30.0 Å². The number of nitrogens with one attached hydrogen (secondary N) is 3. The summed E-state index contributed by atoms with van der Waals surface area (Å²) in [5.74, 6) is -0.177. The third kappa shape index (κ3) is 7.85. The molecule has 0 saturated carbocycles. The van der Waals surface area contributed by atoms with Gasteiger partial charge in [-0.2, -0.15) is 0 Å². The lowest BCUT2D eigenvalue weighted by atomic mass is 10.2. The van der Waals surface area contributed by atoms with Crippen LogP contribution in [0.4, 0.5) is 10.5 Å². The molecule has 0 bridgehead atoms. The summed E-state index contributed by atoms with van der Waals surface area (Å²) in [6.45, 7) is 6.18. The lowest BCUT2D eigenvalue weighted by Crippen LogP contribution is -2.34. The Kier molecular flexibility index (Phi) is 9.21. The topological polar surface area (TPSA) is 96.2 Å². The van der Waals surface area contributed by atoms with Gasteiger partial charge in [0, 0.05) is 29.9 Å². The molecule has 1 atom stereocenters. The highest BCUT2D eigenvalue weighted by Crippen LogP contribution is 2.10. The average molecular weight is 329 g/mol. The molecule has 1 aromatic rings. The highest BCUT2D eigenvalue weighted by Gasteiger charge is 2.08. The van der Waals surface area contributed by atoms with Crippen LogP contribution < -0.4 is 21.7 Å². The molecule has 0 spiro atoms. The minimum absolute atomic E-state index is 0. The maximum atomic E-state index is 12.0. The molecule has 0 aliphatic heterocycles. The minimum Gasteiger partial charge on any atom is -0.352 e. The average Bonchev–Trinajstić information content (AvgIpc) is 2.37. The summed E-state index contributed by atoms with van der Waals surface area (Å²) in [5, 5.41) is 8.21. The number of hydrogen-bond donors (Lipinski definition) is 4. The van der Waals surface area contributed by atoms with Gasteiger partial charge in [-0.15, -0.1) is 12.4 Å². The van der Waals surface area contributed by atoms with Gasteiger partial charge in [-0.25, -0.2) is 4.79 Å². The second-order valence-electron chi connectivity index (χ2n) is 5.36. The number of carbonyl (C=O) groups excluding carboxylic acids is 2. The van der Waals surface area contributed by atoms with Crippen molar-refractivity contribution in [2.75, 3.05) is 11.9 Å². The number of rotatable bonds is 6. The van der Waals surface area contributed by atoms with Crippen molar-refractivity contribution in [2.24, 2.45) is 5.73 Å². The standard InChI is InChI=1S/C15H24N4O2.ClH/c1-10(2)18-15(21)19-13-6-4-5-12(9-13)14(20)17-8-7-11(3)16;/h4-6,9-11H,7-8,16H2,1-3H3,(H,17,20)(H2,18,19,21);1H. The van der Waals surface area contributed by atoms with Crippen LogP contribution in [0.5, 0.6) is 0 Å². The Hall–Kier alpha value is -1.79. The van der Waals surface area contributed by atoms with E-state index < -0.39 is 0 Å². The molecule has 0 aliphatic carbocycles. The lowest BCUT2D eigenvalue weighted by Gasteiger charge is -2.11. The molecule has 7 heteroatoms. The van der Waals surface area contributed by atoms with Gasteiger partial charge in [-0.1, -0.05) is 6.07 Å². The monoisotopic (exact) mass is 328 g/mol. The number of benzene rings is 1. The van der Waals surface area contributed by atoms with E-state index in [1.807, 2.05) is 20.8 Å². The fourth-order valence-electron chi connectivity index (χ4n) is 1.68. The van der Waals surface area contributed by atoms with Gasteiger partial charge < -0.3 is 21.7 Å². The highest BCUT2D eigenvalue weighted by atomic mass is 35.5. The van der Waals surface area contributed by atoms with E-state index in [1.165, 1.54) is 0 Å². The second kappa shape index (κ2) is 10.0. The Morgan fingerprint density at radius 2 is 1.91 bits per heavy atom. The predicted molar refractivity (Wildman–Crippen MR) is 91.6 cm³/mol. The van der Waals surface area contributed by atoms with Crippen LogP contribution in [-0.2, 0) is 0 Å². The number of hydrogen-bond acceptors (Lipinski definition) is 3. The number of amides is 3. The van der Waals surface area contributed by atoms with Gasteiger partial charge in [-0.3, -0.25) is 4.79 Å². The van der Waals surface area contributed by atoms with Gasteiger partial charge in [0.1, 0.15) is 0 Å². The highest BCUT2D eigenvalue weighted by molar-refractivity contribution is 5.96. The van der Waals surface area contributed by atoms with Crippen LogP contribution in [0.1, 0.15) is 37.6 Å². The molecule has 0 aromatic heterocycles. The van der Waals surface area contributed by atoms with Gasteiger partial charge in [0.05, 0.1) is 0 Å². The van der Waals surface area contributed by atoms with Crippen molar-refractivity contribution in [2.45, 2.75) is 39.3 Å². The van der Waals surface area contributed by atoms with E-state index in [2.05, 4.69) is 16.0 Å². The summed E-state index contributed by atoms with van der Waals surface area (Å²) in [7, 11) is 0. The predicted octanol–water partition coefficient (Wildman–Crippen LogP) is 2.11. The number of nitrogens with two attached hydrogens (primary N) is 1. The summed E-state index contributed by atoms with van der Waals surface area (Å²) < 4.78 is 0. The van der Waals surface area contributed by atoms with E-state index in [4.69, 9.17) is 5.73 Å². The molecule has 0 radical (unpaired) electrons. The first kappa shape index (κ1) is 20.2. The van der Waals surface area contributed by atoms with Crippen LogP contribution in [0.25, 0.3) is 0 Å². The van der Waals surface area contributed by atoms with Crippen LogP contribution in [-0.4, -0.2) is 30.6 Å². The largest absolute Gasteiger partial charge is 0.352 e. The zero-order valence-electron chi connectivity index (χ0n) is 13.2. The first-order valence-electron chi connectivity index (χ1n) is 7.10. The zero-order valence-corrected chi connectivity index (χ0v) is 14.0. The molecule has 22 heavy (non-hydrogen) atoms. The molecule has 1 unspecified atom stereocenters. The Balaban J connectivity index is 0.00000441. The molecule has 0 saturated heterocycles. The van der Waals surface area contributed by atoms with Gasteiger partial charge in [-0.05, 0) is 45.4 Å². The number of anilines is 1. The van der Waals surface area contributed by atoms with Crippen LogP contribution >= 0.6 is 12.4 Å². The SMILES string of the molecule is CC(N)CCNC(=O)c1cccc(NC(=O)NC(C)C)c1.Cl. The van der Waals surface area contributed by atoms with Crippen molar-refractivity contribution in [3.8, 4) is 0 Å². The maximum absolute atomic E-state index is 12.0. The third-order valence-electron chi connectivity index (χ3n) is 2.69.